The molecule has 102 valence electrons. The van der Waals surface area contributed by atoms with Crippen LogP contribution >= 0.6 is 0 Å². The first-order valence-corrected chi connectivity index (χ1v) is 7.13. The molecule has 0 aliphatic rings. The van der Waals surface area contributed by atoms with Crippen molar-refractivity contribution >= 4 is 5.97 Å². The largest absolute Gasteiger partial charge is 0.469 e. The number of methoxy groups -OCH3 is 1. The molecule has 0 fully saturated rings. The number of rotatable bonds is 10. The minimum Gasteiger partial charge on any atom is -0.469 e. The van der Waals surface area contributed by atoms with Crippen LogP contribution in [0, 0.1) is 11.8 Å². The third-order valence-corrected chi connectivity index (χ3v) is 3.28. The Morgan fingerprint density at radius 1 is 0.941 bits per heavy atom. The second-order valence-corrected chi connectivity index (χ2v) is 5.61. The Bertz CT molecular complexity index is 187. The molecule has 0 saturated carbocycles. The summed E-state index contributed by atoms with van der Waals surface area (Å²) >= 11 is 0. The predicted octanol–water partition coefficient (Wildman–Crippen LogP) is 4.57. The quantitative estimate of drug-likeness (QED) is 0.414. The van der Waals surface area contributed by atoms with Gasteiger partial charge in [0.15, 0.2) is 0 Å². The average molecular weight is 242 g/mol. The van der Waals surface area contributed by atoms with Crippen LogP contribution in [0.2, 0.25) is 0 Å². The lowest BCUT2D eigenvalue weighted by Gasteiger charge is -2.11. The number of ether oxygens (including phenoxy) is 1. The number of esters is 1. The zero-order chi connectivity index (χ0) is 13.1. The molecule has 0 aromatic heterocycles. The lowest BCUT2D eigenvalue weighted by Crippen LogP contribution is -2.00. The van der Waals surface area contributed by atoms with Crippen LogP contribution in [0.3, 0.4) is 0 Å². The van der Waals surface area contributed by atoms with Gasteiger partial charge in [-0.3, -0.25) is 4.79 Å². The molecule has 0 bridgehead atoms. The fourth-order valence-electron chi connectivity index (χ4n) is 2.06. The van der Waals surface area contributed by atoms with Crippen molar-refractivity contribution in [3.8, 4) is 0 Å². The molecular formula is C15H30O2. The van der Waals surface area contributed by atoms with Crippen molar-refractivity contribution in [1.82, 2.24) is 0 Å². The Balaban J connectivity index is 3.27. The van der Waals surface area contributed by atoms with Crippen molar-refractivity contribution in [3.05, 3.63) is 0 Å². The van der Waals surface area contributed by atoms with Gasteiger partial charge in [0, 0.05) is 6.42 Å². The number of hydrogen-bond acceptors (Lipinski definition) is 2. The zero-order valence-electron chi connectivity index (χ0n) is 12.1. The first-order valence-electron chi connectivity index (χ1n) is 7.13. The standard InChI is InChI=1S/C15H30O2/c1-13(2)9-8-11-14(3)10-6-5-7-12-15(16)17-4/h13-14H,5-12H2,1-4H3. The summed E-state index contributed by atoms with van der Waals surface area (Å²) in [5.41, 5.74) is 0. The Hall–Kier alpha value is -0.530. The van der Waals surface area contributed by atoms with E-state index in [4.69, 9.17) is 0 Å². The van der Waals surface area contributed by atoms with E-state index < -0.39 is 0 Å². The van der Waals surface area contributed by atoms with Crippen LogP contribution in [0.1, 0.15) is 72.1 Å². The number of unbranched alkanes of at least 4 members (excludes halogenated alkanes) is 2. The SMILES string of the molecule is COC(=O)CCCCCC(C)CCCC(C)C. The Kier molecular flexibility index (Phi) is 10.3. The van der Waals surface area contributed by atoms with Gasteiger partial charge in [0.1, 0.15) is 0 Å². The van der Waals surface area contributed by atoms with E-state index in [9.17, 15) is 4.79 Å². The van der Waals surface area contributed by atoms with Crippen molar-refractivity contribution in [2.75, 3.05) is 7.11 Å². The van der Waals surface area contributed by atoms with Gasteiger partial charge in [-0.05, 0) is 18.3 Å². The van der Waals surface area contributed by atoms with Gasteiger partial charge in [-0.25, -0.2) is 0 Å². The Labute approximate surface area is 107 Å². The Morgan fingerprint density at radius 2 is 1.59 bits per heavy atom. The van der Waals surface area contributed by atoms with Crippen molar-refractivity contribution in [1.29, 1.82) is 0 Å². The molecule has 0 aromatic rings. The molecule has 0 spiro atoms. The summed E-state index contributed by atoms with van der Waals surface area (Å²) in [5.74, 6) is 1.60. The van der Waals surface area contributed by atoms with E-state index in [1.165, 1.54) is 39.2 Å². The third kappa shape index (κ3) is 11.7. The number of carbonyl (C=O) groups excluding carboxylic acids is 1. The average Bonchev–Trinajstić information content (AvgIpc) is 2.27. The van der Waals surface area contributed by atoms with E-state index in [0.717, 1.165) is 24.7 Å². The van der Waals surface area contributed by atoms with Gasteiger partial charge >= 0.3 is 5.97 Å². The topological polar surface area (TPSA) is 26.3 Å². The van der Waals surface area contributed by atoms with Crippen molar-refractivity contribution in [2.45, 2.75) is 72.1 Å². The summed E-state index contributed by atoms with van der Waals surface area (Å²) < 4.78 is 4.61. The minimum absolute atomic E-state index is 0.0741. The molecule has 1 atom stereocenters. The van der Waals surface area contributed by atoms with Crippen LogP contribution in [0.4, 0.5) is 0 Å². The fourth-order valence-corrected chi connectivity index (χ4v) is 2.06. The summed E-state index contributed by atoms with van der Waals surface area (Å²) in [4.78, 5) is 10.9. The van der Waals surface area contributed by atoms with Crippen LogP contribution in [-0.2, 0) is 9.53 Å². The van der Waals surface area contributed by atoms with E-state index in [0.29, 0.717) is 6.42 Å². The van der Waals surface area contributed by atoms with Crippen molar-refractivity contribution in [3.63, 3.8) is 0 Å². The molecule has 0 aromatic carbocycles. The molecule has 2 nitrogen and oxygen atoms in total. The van der Waals surface area contributed by atoms with Crippen LogP contribution in [0.25, 0.3) is 0 Å². The van der Waals surface area contributed by atoms with E-state index in [-0.39, 0.29) is 5.97 Å². The van der Waals surface area contributed by atoms with Crippen molar-refractivity contribution in [2.24, 2.45) is 11.8 Å². The molecule has 0 rings (SSSR count). The normalized spacial score (nSPS) is 12.8. The van der Waals surface area contributed by atoms with Crippen LogP contribution in [-0.4, -0.2) is 13.1 Å². The van der Waals surface area contributed by atoms with Crippen LogP contribution in [0.15, 0.2) is 0 Å². The molecule has 0 saturated heterocycles. The third-order valence-electron chi connectivity index (χ3n) is 3.28. The summed E-state index contributed by atoms with van der Waals surface area (Å²) in [7, 11) is 1.46. The van der Waals surface area contributed by atoms with Gasteiger partial charge in [0.2, 0.25) is 0 Å². The molecule has 1 unspecified atom stereocenters. The van der Waals surface area contributed by atoms with E-state index in [1.54, 1.807) is 0 Å². The molecule has 0 amide bonds. The Morgan fingerprint density at radius 3 is 2.18 bits per heavy atom. The molecule has 0 N–H and O–H groups in total. The number of carbonyl (C=O) groups is 1. The van der Waals surface area contributed by atoms with Gasteiger partial charge in [-0.15, -0.1) is 0 Å². The maximum absolute atomic E-state index is 10.9. The van der Waals surface area contributed by atoms with Gasteiger partial charge < -0.3 is 4.74 Å². The summed E-state index contributed by atoms with van der Waals surface area (Å²) in [5, 5.41) is 0. The first kappa shape index (κ1) is 16.5. The monoisotopic (exact) mass is 242 g/mol. The van der Waals surface area contributed by atoms with Gasteiger partial charge in [0.05, 0.1) is 7.11 Å². The molecule has 0 heterocycles. The van der Waals surface area contributed by atoms with E-state index in [1.807, 2.05) is 0 Å². The summed E-state index contributed by atoms with van der Waals surface area (Å²) in [6.07, 6.45) is 9.34. The summed E-state index contributed by atoms with van der Waals surface area (Å²) in [6, 6.07) is 0. The molecular weight excluding hydrogens is 212 g/mol. The molecule has 17 heavy (non-hydrogen) atoms. The van der Waals surface area contributed by atoms with Crippen LogP contribution in [0.5, 0.6) is 0 Å². The zero-order valence-corrected chi connectivity index (χ0v) is 12.1. The first-order chi connectivity index (χ1) is 8.06. The van der Waals surface area contributed by atoms with E-state index >= 15 is 0 Å². The van der Waals surface area contributed by atoms with Gasteiger partial charge in [-0.1, -0.05) is 59.3 Å². The predicted molar refractivity (Wildman–Crippen MR) is 73.0 cm³/mol. The van der Waals surface area contributed by atoms with E-state index in [2.05, 4.69) is 25.5 Å². The highest BCUT2D eigenvalue weighted by molar-refractivity contribution is 5.68. The van der Waals surface area contributed by atoms with Gasteiger partial charge in [-0.2, -0.15) is 0 Å². The molecule has 0 aliphatic heterocycles. The van der Waals surface area contributed by atoms with Crippen molar-refractivity contribution < 1.29 is 9.53 Å². The van der Waals surface area contributed by atoms with Crippen LogP contribution < -0.4 is 0 Å². The molecule has 0 aliphatic carbocycles. The number of hydrogen-bond donors (Lipinski definition) is 0. The lowest BCUT2D eigenvalue weighted by atomic mass is 9.95. The maximum atomic E-state index is 10.9. The summed E-state index contributed by atoms with van der Waals surface area (Å²) in [6.45, 7) is 6.93. The molecule has 2 heteroatoms. The molecule has 0 radical (unpaired) electrons. The highest BCUT2D eigenvalue weighted by Gasteiger charge is 2.04. The minimum atomic E-state index is -0.0741. The lowest BCUT2D eigenvalue weighted by molar-refractivity contribution is -0.140. The smallest absolute Gasteiger partial charge is 0.305 e. The second-order valence-electron chi connectivity index (χ2n) is 5.61. The second kappa shape index (κ2) is 10.6. The fraction of sp³-hybridized carbons (Fsp3) is 0.933. The van der Waals surface area contributed by atoms with Gasteiger partial charge in [0.25, 0.3) is 0 Å². The highest BCUT2D eigenvalue weighted by atomic mass is 16.5. The maximum Gasteiger partial charge on any atom is 0.305 e. The highest BCUT2D eigenvalue weighted by Crippen LogP contribution is 2.18.